The van der Waals surface area contributed by atoms with Gasteiger partial charge in [0.25, 0.3) is 0 Å². The Morgan fingerprint density at radius 3 is 2.21 bits per heavy atom. The molecule has 1 rings (SSSR count). The molecule has 0 amide bonds. The topological polar surface area (TPSA) is 29.5 Å². The highest BCUT2D eigenvalue weighted by molar-refractivity contribution is 14.2. The van der Waals surface area contributed by atoms with E-state index in [1.54, 1.807) is 24.3 Å². The van der Waals surface area contributed by atoms with Crippen LogP contribution in [0.3, 0.4) is 0 Å². The van der Waals surface area contributed by atoms with Crippen molar-refractivity contribution in [1.82, 2.24) is 0 Å². The molecule has 0 aliphatic rings. The SMILES string of the molecule is Oc1ccc(OCC(I)=C(I)I)cc1. The van der Waals surface area contributed by atoms with Crippen LogP contribution in [-0.4, -0.2) is 11.7 Å². The minimum Gasteiger partial charge on any atom is -0.508 e. The lowest BCUT2D eigenvalue weighted by Crippen LogP contribution is -1.96. The van der Waals surface area contributed by atoms with Crippen molar-refractivity contribution in [3.05, 3.63) is 29.4 Å². The van der Waals surface area contributed by atoms with Crippen LogP contribution in [0.1, 0.15) is 0 Å². The Morgan fingerprint density at radius 1 is 1.14 bits per heavy atom. The molecule has 0 radical (unpaired) electrons. The first kappa shape index (κ1) is 12.8. The normalized spacial score (nSPS) is 9.64. The Labute approximate surface area is 124 Å². The van der Waals surface area contributed by atoms with Crippen LogP contribution in [0.4, 0.5) is 0 Å². The van der Waals surface area contributed by atoms with E-state index in [1.807, 2.05) is 0 Å². The summed E-state index contributed by atoms with van der Waals surface area (Å²) in [5.74, 6) is 1.03. The molecule has 0 saturated carbocycles. The second-order valence-electron chi connectivity index (χ2n) is 2.45. The van der Waals surface area contributed by atoms with Crippen LogP contribution >= 0.6 is 67.8 Å². The van der Waals surface area contributed by atoms with Crippen LogP contribution < -0.4 is 4.74 Å². The van der Waals surface area contributed by atoms with E-state index in [4.69, 9.17) is 9.84 Å². The van der Waals surface area contributed by atoms with Crippen molar-refractivity contribution >= 4 is 67.8 Å². The standard InChI is InChI=1S/C9H7I3O2/c10-8(9(11)12)5-14-7-3-1-6(13)2-4-7/h1-4,13H,5H2. The molecule has 0 unspecified atom stereocenters. The largest absolute Gasteiger partial charge is 0.508 e. The summed E-state index contributed by atoms with van der Waals surface area (Å²) >= 11 is 6.77. The minimum absolute atomic E-state index is 0.256. The summed E-state index contributed by atoms with van der Waals surface area (Å²) in [6.07, 6.45) is 0. The molecule has 0 bridgehead atoms. The molecular weight excluding hydrogens is 521 g/mol. The highest BCUT2D eigenvalue weighted by Gasteiger charge is 1.99. The Hall–Kier alpha value is 0.750. The van der Waals surface area contributed by atoms with Crippen molar-refractivity contribution in [3.63, 3.8) is 0 Å². The predicted molar refractivity (Wildman–Crippen MR) is 82.7 cm³/mol. The Bertz CT molecular complexity index is 328. The number of hydrogen-bond acceptors (Lipinski definition) is 2. The van der Waals surface area contributed by atoms with Crippen molar-refractivity contribution in [2.24, 2.45) is 0 Å². The number of rotatable bonds is 3. The van der Waals surface area contributed by atoms with Gasteiger partial charge in [0.1, 0.15) is 18.1 Å². The summed E-state index contributed by atoms with van der Waals surface area (Å²) in [4.78, 5) is 0. The molecule has 0 saturated heterocycles. The Morgan fingerprint density at radius 2 is 1.71 bits per heavy atom. The number of hydrogen-bond donors (Lipinski definition) is 1. The molecule has 2 nitrogen and oxygen atoms in total. The van der Waals surface area contributed by atoms with E-state index in [0.29, 0.717) is 6.61 Å². The van der Waals surface area contributed by atoms with Gasteiger partial charge in [-0.25, -0.2) is 0 Å². The summed E-state index contributed by atoms with van der Waals surface area (Å²) < 4.78 is 7.88. The molecule has 0 fully saturated rings. The lowest BCUT2D eigenvalue weighted by Gasteiger charge is -2.05. The maximum Gasteiger partial charge on any atom is 0.120 e. The zero-order chi connectivity index (χ0) is 10.6. The zero-order valence-electron chi connectivity index (χ0n) is 7.01. The average molecular weight is 528 g/mol. The number of aromatic hydroxyl groups is 1. The summed E-state index contributed by atoms with van der Waals surface area (Å²) in [5.41, 5.74) is 0. The monoisotopic (exact) mass is 528 g/mol. The number of benzene rings is 1. The fourth-order valence-electron chi connectivity index (χ4n) is 0.744. The first-order valence-electron chi connectivity index (χ1n) is 3.71. The van der Waals surface area contributed by atoms with Gasteiger partial charge in [-0.3, -0.25) is 0 Å². The van der Waals surface area contributed by atoms with Gasteiger partial charge in [-0.2, -0.15) is 0 Å². The van der Waals surface area contributed by atoms with Crippen LogP contribution in [0.2, 0.25) is 0 Å². The van der Waals surface area contributed by atoms with Crippen LogP contribution in [0.25, 0.3) is 0 Å². The Kier molecular flexibility index (Phi) is 5.82. The molecule has 0 aromatic heterocycles. The molecule has 0 spiro atoms. The summed E-state index contributed by atoms with van der Waals surface area (Å²) in [6, 6.07) is 6.72. The molecule has 0 aliphatic carbocycles. The van der Waals surface area contributed by atoms with Crippen LogP contribution in [0, 0.1) is 0 Å². The predicted octanol–water partition coefficient (Wildman–Crippen LogP) is 4.25. The quantitative estimate of drug-likeness (QED) is 0.596. The van der Waals surface area contributed by atoms with Gasteiger partial charge in [0.2, 0.25) is 0 Å². The van der Waals surface area contributed by atoms with E-state index in [2.05, 4.69) is 67.8 Å². The van der Waals surface area contributed by atoms with E-state index in [1.165, 1.54) is 5.17 Å². The number of ether oxygens (including phenoxy) is 1. The van der Waals surface area contributed by atoms with E-state index >= 15 is 0 Å². The average Bonchev–Trinajstić information content (AvgIpc) is 2.16. The summed E-state index contributed by atoms with van der Waals surface area (Å²) in [6.45, 7) is 0.576. The van der Waals surface area contributed by atoms with Crippen LogP contribution in [0.15, 0.2) is 29.4 Å². The van der Waals surface area contributed by atoms with Crippen molar-refractivity contribution in [2.75, 3.05) is 6.61 Å². The van der Waals surface area contributed by atoms with Crippen molar-refractivity contribution in [3.8, 4) is 11.5 Å². The van der Waals surface area contributed by atoms with Crippen molar-refractivity contribution in [2.45, 2.75) is 0 Å². The van der Waals surface area contributed by atoms with Gasteiger partial charge in [0.05, 0.1) is 1.59 Å². The lowest BCUT2D eigenvalue weighted by molar-refractivity contribution is 0.360. The summed E-state index contributed by atoms with van der Waals surface area (Å²) in [5, 5.41) is 9.05. The first-order chi connectivity index (χ1) is 6.59. The Balaban J connectivity index is 2.54. The molecule has 0 aliphatic heterocycles. The van der Waals surface area contributed by atoms with Crippen LogP contribution in [-0.2, 0) is 0 Å². The second-order valence-corrected chi connectivity index (χ2v) is 7.97. The molecular formula is C9H7I3O2. The molecule has 1 aromatic rings. The lowest BCUT2D eigenvalue weighted by atomic mass is 10.3. The van der Waals surface area contributed by atoms with E-state index in [0.717, 1.165) is 5.75 Å². The third-order valence-corrected chi connectivity index (χ3v) is 5.62. The first-order valence-corrected chi connectivity index (χ1v) is 6.94. The van der Waals surface area contributed by atoms with Gasteiger partial charge >= 0.3 is 0 Å². The van der Waals surface area contributed by atoms with E-state index < -0.39 is 0 Å². The number of halogens is 3. The highest BCUT2D eigenvalue weighted by Crippen LogP contribution is 2.26. The summed E-state index contributed by atoms with van der Waals surface area (Å²) in [7, 11) is 0. The van der Waals surface area contributed by atoms with Gasteiger partial charge in [0.15, 0.2) is 0 Å². The molecule has 5 heteroatoms. The number of phenolic OH excluding ortho intramolecular Hbond substituents is 1. The molecule has 76 valence electrons. The van der Waals surface area contributed by atoms with Crippen molar-refractivity contribution in [1.29, 1.82) is 0 Å². The number of phenols is 1. The smallest absolute Gasteiger partial charge is 0.120 e. The minimum atomic E-state index is 0.256. The third-order valence-electron chi connectivity index (χ3n) is 1.41. The van der Waals surface area contributed by atoms with Gasteiger partial charge < -0.3 is 9.84 Å². The zero-order valence-corrected chi connectivity index (χ0v) is 13.5. The molecule has 14 heavy (non-hydrogen) atoms. The van der Waals surface area contributed by atoms with Crippen molar-refractivity contribution < 1.29 is 9.84 Å². The van der Waals surface area contributed by atoms with E-state index in [9.17, 15) is 0 Å². The molecule has 0 heterocycles. The molecule has 1 N–H and O–H groups in total. The third kappa shape index (κ3) is 4.51. The maximum atomic E-state index is 9.05. The van der Waals surface area contributed by atoms with Gasteiger partial charge in [-0.15, -0.1) is 0 Å². The van der Waals surface area contributed by atoms with Crippen LogP contribution in [0.5, 0.6) is 11.5 Å². The van der Waals surface area contributed by atoms with E-state index in [-0.39, 0.29) is 5.75 Å². The van der Waals surface area contributed by atoms with Gasteiger partial charge in [-0.1, -0.05) is 0 Å². The fraction of sp³-hybridized carbons (Fsp3) is 0.111. The van der Waals surface area contributed by atoms with Gasteiger partial charge in [-0.05, 0) is 92.0 Å². The fourth-order valence-corrected chi connectivity index (χ4v) is 1.21. The molecule has 0 atom stereocenters. The second kappa shape index (κ2) is 6.36. The van der Waals surface area contributed by atoms with Gasteiger partial charge in [0, 0.05) is 3.58 Å². The molecule has 1 aromatic carbocycles. The highest BCUT2D eigenvalue weighted by atomic mass is 127. The maximum absolute atomic E-state index is 9.05.